The van der Waals surface area contributed by atoms with Crippen LogP contribution in [0.2, 0.25) is 0 Å². The molecule has 0 unspecified atom stereocenters. The molecule has 0 aliphatic heterocycles. The number of ether oxygens (including phenoxy) is 4. The summed E-state index contributed by atoms with van der Waals surface area (Å²) in [7, 11) is 1.42. The second-order valence-corrected chi connectivity index (χ2v) is 5.32. The van der Waals surface area contributed by atoms with Crippen molar-refractivity contribution in [2.45, 2.75) is 26.7 Å². The molecule has 2 aromatic heterocycles. The van der Waals surface area contributed by atoms with Crippen LogP contribution < -0.4 is 10.1 Å². The van der Waals surface area contributed by atoms with Crippen molar-refractivity contribution in [3.05, 3.63) is 16.7 Å². The highest BCUT2D eigenvalue weighted by atomic mass is 16.6. The summed E-state index contributed by atoms with van der Waals surface area (Å²) in [6.45, 7) is 2.24. The number of hydrogen-bond acceptors (Lipinski definition) is 9. The lowest BCUT2D eigenvalue weighted by Gasteiger charge is -2.16. The summed E-state index contributed by atoms with van der Waals surface area (Å²) in [5, 5.41) is 0. The van der Waals surface area contributed by atoms with Gasteiger partial charge in [-0.15, -0.1) is 0 Å². The van der Waals surface area contributed by atoms with Crippen LogP contribution in [-0.4, -0.2) is 59.7 Å². The van der Waals surface area contributed by atoms with Crippen LogP contribution in [0, 0.1) is 0 Å². The number of fused-ring (bicyclic) bond motifs is 1. The second kappa shape index (κ2) is 9.43. The van der Waals surface area contributed by atoms with Crippen LogP contribution in [0.4, 0.5) is 5.95 Å². The number of hydrogen-bond donors (Lipinski definition) is 2. The van der Waals surface area contributed by atoms with Crippen molar-refractivity contribution in [1.29, 1.82) is 0 Å². The van der Waals surface area contributed by atoms with Crippen LogP contribution in [0.3, 0.4) is 0 Å². The Morgan fingerprint density at radius 2 is 1.96 bits per heavy atom. The first-order valence-corrected chi connectivity index (χ1v) is 7.85. The van der Waals surface area contributed by atoms with Gasteiger partial charge in [0.2, 0.25) is 12.3 Å². The number of imidazole rings is 1. The molecule has 0 bridgehead atoms. The van der Waals surface area contributed by atoms with Crippen LogP contribution >= 0.6 is 0 Å². The highest BCUT2D eigenvalue weighted by Gasteiger charge is 2.20. The quantitative estimate of drug-likeness (QED) is 0.251. The van der Waals surface area contributed by atoms with Gasteiger partial charge < -0.3 is 18.9 Å². The molecule has 12 nitrogen and oxygen atoms in total. The third-order valence-corrected chi connectivity index (χ3v) is 3.20. The number of nitrogens with one attached hydrogen (secondary N) is 2. The Hall–Kier alpha value is -3.28. The zero-order valence-electron chi connectivity index (χ0n) is 15.1. The Bertz CT molecular complexity index is 870. The Kier molecular flexibility index (Phi) is 7.00. The van der Waals surface area contributed by atoms with E-state index in [2.05, 4.69) is 24.7 Å². The average Bonchev–Trinajstić information content (AvgIpc) is 3.02. The van der Waals surface area contributed by atoms with Gasteiger partial charge in [0.15, 0.2) is 13.1 Å². The van der Waals surface area contributed by atoms with Gasteiger partial charge in [0.1, 0.15) is 19.3 Å². The predicted octanol–water partition coefficient (Wildman–Crippen LogP) is -0.686. The fraction of sp³-hybridized carbons (Fsp3) is 0.467. The van der Waals surface area contributed by atoms with Crippen molar-refractivity contribution >= 4 is 35.5 Å². The zero-order valence-corrected chi connectivity index (χ0v) is 15.1. The van der Waals surface area contributed by atoms with E-state index in [0.717, 1.165) is 6.40 Å². The average molecular weight is 382 g/mol. The van der Waals surface area contributed by atoms with Gasteiger partial charge >= 0.3 is 17.5 Å². The van der Waals surface area contributed by atoms with Crippen molar-refractivity contribution in [3.8, 4) is 0 Å². The molecule has 0 aromatic carbocycles. The SMILES string of the molecule is CO/C=N\c1nc2[nH]c[n+](COC(COC(C)=O)COC(C)=O)c2c(=O)[nH]1. The lowest BCUT2D eigenvalue weighted by molar-refractivity contribution is -0.712. The van der Waals surface area contributed by atoms with Gasteiger partial charge in [-0.2, -0.15) is 14.5 Å². The van der Waals surface area contributed by atoms with E-state index >= 15 is 0 Å². The number of esters is 2. The first-order valence-electron chi connectivity index (χ1n) is 7.85. The molecule has 0 amide bonds. The Morgan fingerprint density at radius 1 is 1.30 bits per heavy atom. The molecule has 146 valence electrons. The minimum Gasteiger partial charge on any atom is -0.486 e. The number of carbonyl (C=O) groups excluding carboxylic acids is 2. The molecule has 0 aliphatic rings. The zero-order chi connectivity index (χ0) is 19.8. The van der Waals surface area contributed by atoms with Gasteiger partial charge in [0.25, 0.3) is 11.2 Å². The van der Waals surface area contributed by atoms with Gasteiger partial charge in [0.05, 0.1) is 7.11 Å². The molecule has 0 saturated heterocycles. The number of rotatable bonds is 9. The monoisotopic (exact) mass is 382 g/mol. The number of carbonyl (C=O) groups is 2. The number of methoxy groups -OCH3 is 1. The van der Waals surface area contributed by atoms with Crippen LogP contribution in [-0.2, 0) is 35.3 Å². The summed E-state index contributed by atoms with van der Waals surface area (Å²) < 4.78 is 21.5. The van der Waals surface area contributed by atoms with E-state index in [1.165, 1.54) is 31.9 Å². The van der Waals surface area contributed by atoms with Gasteiger partial charge in [-0.25, -0.2) is 4.98 Å². The highest BCUT2D eigenvalue weighted by Crippen LogP contribution is 2.05. The minimum atomic E-state index is -0.701. The Labute approximate surface area is 153 Å². The summed E-state index contributed by atoms with van der Waals surface area (Å²) in [4.78, 5) is 47.5. The van der Waals surface area contributed by atoms with E-state index in [0.29, 0.717) is 5.65 Å². The first kappa shape index (κ1) is 20.0. The maximum absolute atomic E-state index is 12.3. The summed E-state index contributed by atoms with van der Waals surface area (Å²) in [5.74, 6) is -0.904. The Morgan fingerprint density at radius 3 is 2.56 bits per heavy atom. The molecular weight excluding hydrogens is 362 g/mol. The molecule has 2 heterocycles. The van der Waals surface area contributed by atoms with Gasteiger partial charge in [0, 0.05) is 13.8 Å². The van der Waals surface area contributed by atoms with Crippen molar-refractivity contribution in [3.63, 3.8) is 0 Å². The van der Waals surface area contributed by atoms with Gasteiger partial charge in [-0.05, 0) is 0 Å². The predicted molar refractivity (Wildman–Crippen MR) is 90.2 cm³/mol. The molecule has 0 aliphatic carbocycles. The maximum atomic E-state index is 12.3. The highest BCUT2D eigenvalue weighted by molar-refractivity contribution is 5.67. The maximum Gasteiger partial charge on any atom is 0.304 e. The van der Waals surface area contributed by atoms with Crippen LogP contribution in [0.15, 0.2) is 16.1 Å². The fourth-order valence-corrected chi connectivity index (χ4v) is 2.04. The van der Waals surface area contributed by atoms with Gasteiger partial charge in [-0.1, -0.05) is 0 Å². The van der Waals surface area contributed by atoms with Gasteiger partial charge in [-0.3, -0.25) is 19.4 Å². The molecule has 27 heavy (non-hydrogen) atoms. The van der Waals surface area contributed by atoms with E-state index in [4.69, 9.17) is 14.2 Å². The van der Waals surface area contributed by atoms with Crippen molar-refractivity contribution < 1.29 is 33.1 Å². The molecule has 0 fully saturated rings. The van der Waals surface area contributed by atoms with Crippen LogP contribution in [0.1, 0.15) is 13.8 Å². The smallest absolute Gasteiger partial charge is 0.304 e. The summed E-state index contributed by atoms with van der Waals surface area (Å²) in [5.41, 5.74) is 0.0804. The molecule has 0 spiro atoms. The van der Waals surface area contributed by atoms with Crippen molar-refractivity contribution in [2.24, 2.45) is 4.99 Å². The number of H-pyrrole nitrogens is 2. The second-order valence-electron chi connectivity index (χ2n) is 5.32. The molecule has 12 heteroatoms. The number of aliphatic imine (C=N–C) groups is 1. The third kappa shape index (κ3) is 5.88. The lowest BCUT2D eigenvalue weighted by atomic mass is 10.4. The topological polar surface area (TPSA) is 149 Å². The molecular formula is C15H20N5O7+. The molecule has 0 atom stereocenters. The number of nitrogens with zero attached hydrogens (tertiary/aromatic N) is 3. The number of aromatic nitrogens is 4. The molecule has 2 N–H and O–H groups in total. The first-order chi connectivity index (χ1) is 12.9. The molecule has 0 saturated carbocycles. The van der Waals surface area contributed by atoms with Crippen LogP contribution in [0.5, 0.6) is 0 Å². The van der Waals surface area contributed by atoms with Crippen molar-refractivity contribution in [1.82, 2.24) is 15.0 Å². The minimum absolute atomic E-state index is 0.0708. The molecule has 2 rings (SSSR count). The third-order valence-electron chi connectivity index (χ3n) is 3.20. The lowest BCUT2D eigenvalue weighted by Crippen LogP contribution is -2.41. The standard InChI is InChI=1S/C15H19N5O7/c1-9(21)25-4-11(5-26-10(2)22)27-8-20-6-16-13-12(20)14(23)19-15(18-13)17-7-24-3/h6-7,11H,4-5,8H2,1-3H3,(H,18,19,23)/p+1/b17-7-. The molecule has 2 aromatic rings. The molecule has 0 radical (unpaired) electrons. The van der Waals surface area contributed by atoms with Crippen molar-refractivity contribution in [2.75, 3.05) is 20.3 Å². The summed E-state index contributed by atoms with van der Waals surface area (Å²) >= 11 is 0. The van der Waals surface area contributed by atoms with E-state index < -0.39 is 23.6 Å². The normalized spacial score (nSPS) is 11.3. The van der Waals surface area contributed by atoms with Crippen LogP contribution in [0.25, 0.3) is 11.2 Å². The van der Waals surface area contributed by atoms with E-state index in [9.17, 15) is 14.4 Å². The van der Waals surface area contributed by atoms with E-state index in [1.807, 2.05) is 0 Å². The Balaban J connectivity index is 2.13. The van der Waals surface area contributed by atoms with E-state index in [1.54, 1.807) is 0 Å². The van der Waals surface area contributed by atoms with E-state index in [-0.39, 0.29) is 31.4 Å². The fourth-order valence-electron chi connectivity index (χ4n) is 2.04. The summed E-state index contributed by atoms with van der Waals surface area (Å²) in [6, 6.07) is 0. The number of aromatic amines is 2. The largest absolute Gasteiger partial charge is 0.486 e. The summed E-state index contributed by atoms with van der Waals surface area (Å²) in [6.07, 6.45) is 1.93.